The van der Waals surface area contributed by atoms with Gasteiger partial charge in [-0.3, -0.25) is 0 Å². The normalized spacial score (nSPS) is 36.4. The van der Waals surface area contributed by atoms with Gasteiger partial charge in [-0.1, -0.05) is 20.8 Å². The largest absolute Gasteiger partial charge is 0.198 e. The highest BCUT2D eigenvalue weighted by atomic mass is 14.4. The van der Waals surface area contributed by atoms with E-state index in [-0.39, 0.29) is 0 Å². The zero-order valence-corrected chi connectivity index (χ0v) is 8.38. The Morgan fingerprint density at radius 3 is 2.42 bits per heavy atom. The van der Waals surface area contributed by atoms with Crippen LogP contribution in [0.4, 0.5) is 0 Å². The van der Waals surface area contributed by atoms with Gasteiger partial charge in [-0.2, -0.15) is 5.26 Å². The first-order valence-electron chi connectivity index (χ1n) is 5.03. The van der Waals surface area contributed by atoms with Crippen LogP contribution in [0.15, 0.2) is 0 Å². The minimum absolute atomic E-state index is 0.334. The van der Waals surface area contributed by atoms with Crippen molar-refractivity contribution in [1.82, 2.24) is 0 Å². The van der Waals surface area contributed by atoms with Crippen molar-refractivity contribution in [1.29, 1.82) is 5.26 Å². The van der Waals surface area contributed by atoms with Crippen LogP contribution in [0.3, 0.4) is 0 Å². The second-order valence-electron chi connectivity index (χ2n) is 4.64. The smallest absolute Gasteiger partial charge is 0.0655 e. The van der Waals surface area contributed by atoms with E-state index in [9.17, 15) is 0 Å². The van der Waals surface area contributed by atoms with Crippen LogP contribution in [-0.4, -0.2) is 0 Å². The van der Waals surface area contributed by atoms with E-state index in [1.54, 1.807) is 0 Å². The van der Waals surface area contributed by atoms with Crippen molar-refractivity contribution in [2.45, 2.75) is 40.0 Å². The maximum atomic E-state index is 8.86. The fourth-order valence-corrected chi connectivity index (χ4v) is 2.31. The van der Waals surface area contributed by atoms with Crippen molar-refractivity contribution in [3.05, 3.63) is 0 Å². The van der Waals surface area contributed by atoms with Gasteiger partial charge in [-0.05, 0) is 37.0 Å². The zero-order chi connectivity index (χ0) is 9.14. The van der Waals surface area contributed by atoms with Crippen LogP contribution in [0.25, 0.3) is 0 Å². The molecule has 0 heterocycles. The number of nitriles is 1. The van der Waals surface area contributed by atoms with E-state index >= 15 is 0 Å². The van der Waals surface area contributed by atoms with E-state index in [4.69, 9.17) is 5.26 Å². The van der Waals surface area contributed by atoms with Gasteiger partial charge in [0.1, 0.15) is 0 Å². The standard InChI is InChI=1S/C11H19N/c1-8(2)11-5-9(3)4-10(6-11)7-12/h8-11H,4-6H2,1-3H3. The predicted octanol–water partition coefficient (Wildman–Crippen LogP) is 3.22. The SMILES string of the molecule is CC1CC(C#N)CC(C(C)C)C1. The first kappa shape index (κ1) is 9.58. The summed E-state index contributed by atoms with van der Waals surface area (Å²) < 4.78 is 0. The summed E-state index contributed by atoms with van der Waals surface area (Å²) in [6.45, 7) is 6.83. The average molecular weight is 165 g/mol. The molecule has 0 amide bonds. The highest BCUT2D eigenvalue weighted by molar-refractivity contribution is 4.90. The van der Waals surface area contributed by atoms with Crippen molar-refractivity contribution in [2.75, 3.05) is 0 Å². The number of hydrogen-bond donors (Lipinski definition) is 0. The van der Waals surface area contributed by atoms with Gasteiger partial charge in [0.25, 0.3) is 0 Å². The molecule has 0 spiro atoms. The van der Waals surface area contributed by atoms with Crippen LogP contribution >= 0.6 is 0 Å². The summed E-state index contributed by atoms with van der Waals surface area (Å²) >= 11 is 0. The predicted molar refractivity (Wildman–Crippen MR) is 50.4 cm³/mol. The Morgan fingerprint density at radius 2 is 1.92 bits per heavy atom. The first-order valence-corrected chi connectivity index (χ1v) is 5.03. The monoisotopic (exact) mass is 165 g/mol. The van der Waals surface area contributed by atoms with Gasteiger partial charge in [0.2, 0.25) is 0 Å². The number of hydrogen-bond acceptors (Lipinski definition) is 1. The molecule has 0 N–H and O–H groups in total. The molecular weight excluding hydrogens is 146 g/mol. The molecule has 0 aromatic heterocycles. The maximum Gasteiger partial charge on any atom is 0.0655 e. The van der Waals surface area contributed by atoms with E-state index in [0.29, 0.717) is 5.92 Å². The van der Waals surface area contributed by atoms with Crippen molar-refractivity contribution in [2.24, 2.45) is 23.7 Å². The Labute approximate surface area is 75.8 Å². The van der Waals surface area contributed by atoms with Crippen molar-refractivity contribution in [3.8, 4) is 6.07 Å². The van der Waals surface area contributed by atoms with Crippen LogP contribution in [0.5, 0.6) is 0 Å². The molecule has 1 fully saturated rings. The molecule has 12 heavy (non-hydrogen) atoms. The molecule has 0 saturated heterocycles. The lowest BCUT2D eigenvalue weighted by Crippen LogP contribution is -2.23. The molecule has 1 aliphatic carbocycles. The van der Waals surface area contributed by atoms with Crippen LogP contribution in [-0.2, 0) is 0 Å². The number of nitrogens with zero attached hydrogens (tertiary/aromatic N) is 1. The summed E-state index contributed by atoms with van der Waals surface area (Å²) in [4.78, 5) is 0. The molecule has 1 saturated carbocycles. The fraction of sp³-hybridized carbons (Fsp3) is 0.909. The van der Waals surface area contributed by atoms with Crippen molar-refractivity contribution in [3.63, 3.8) is 0 Å². The fourth-order valence-electron chi connectivity index (χ4n) is 2.31. The third-order valence-electron chi connectivity index (χ3n) is 3.10. The molecule has 3 atom stereocenters. The molecule has 1 aliphatic rings. The quantitative estimate of drug-likeness (QED) is 0.585. The van der Waals surface area contributed by atoms with Gasteiger partial charge in [-0.15, -0.1) is 0 Å². The van der Waals surface area contributed by atoms with Gasteiger partial charge in [0.05, 0.1) is 6.07 Å². The van der Waals surface area contributed by atoms with Gasteiger partial charge >= 0.3 is 0 Å². The van der Waals surface area contributed by atoms with E-state index in [1.807, 2.05) is 0 Å². The highest BCUT2D eigenvalue weighted by Gasteiger charge is 2.27. The topological polar surface area (TPSA) is 23.8 Å². The molecule has 1 nitrogen and oxygen atoms in total. The average Bonchev–Trinajstić information content (AvgIpc) is 2.03. The summed E-state index contributed by atoms with van der Waals surface area (Å²) in [5.74, 6) is 2.64. The third kappa shape index (κ3) is 2.24. The van der Waals surface area contributed by atoms with E-state index in [0.717, 1.165) is 30.6 Å². The van der Waals surface area contributed by atoms with Gasteiger partial charge in [0, 0.05) is 5.92 Å². The minimum atomic E-state index is 0.334. The molecule has 0 aromatic carbocycles. The second-order valence-corrected chi connectivity index (χ2v) is 4.64. The van der Waals surface area contributed by atoms with Gasteiger partial charge in [-0.25, -0.2) is 0 Å². The molecule has 0 aliphatic heterocycles. The van der Waals surface area contributed by atoms with Crippen LogP contribution in [0.2, 0.25) is 0 Å². The molecule has 0 bridgehead atoms. The molecule has 0 aromatic rings. The summed E-state index contributed by atoms with van der Waals surface area (Å²) in [6, 6.07) is 2.42. The lowest BCUT2D eigenvalue weighted by atomic mass is 9.72. The van der Waals surface area contributed by atoms with Crippen molar-refractivity contribution < 1.29 is 0 Å². The molecular formula is C11H19N. The summed E-state index contributed by atoms with van der Waals surface area (Å²) in [5, 5.41) is 8.86. The molecule has 1 heteroatoms. The summed E-state index contributed by atoms with van der Waals surface area (Å²) in [6.07, 6.45) is 3.59. The van der Waals surface area contributed by atoms with Crippen LogP contribution in [0, 0.1) is 35.0 Å². The van der Waals surface area contributed by atoms with E-state index in [2.05, 4.69) is 26.8 Å². The Morgan fingerprint density at radius 1 is 1.25 bits per heavy atom. The molecule has 68 valence electrons. The Bertz CT molecular complexity index is 178. The van der Waals surface area contributed by atoms with E-state index in [1.165, 1.54) is 6.42 Å². The van der Waals surface area contributed by atoms with Crippen LogP contribution < -0.4 is 0 Å². The molecule has 3 unspecified atom stereocenters. The summed E-state index contributed by atoms with van der Waals surface area (Å²) in [5.41, 5.74) is 0. The van der Waals surface area contributed by atoms with Gasteiger partial charge < -0.3 is 0 Å². The second kappa shape index (κ2) is 3.94. The Hall–Kier alpha value is -0.510. The summed E-state index contributed by atoms with van der Waals surface area (Å²) in [7, 11) is 0. The number of rotatable bonds is 1. The first-order chi connectivity index (χ1) is 5.63. The maximum absolute atomic E-state index is 8.86. The molecule has 1 rings (SSSR count). The molecule has 0 radical (unpaired) electrons. The zero-order valence-electron chi connectivity index (χ0n) is 8.38. The van der Waals surface area contributed by atoms with Crippen LogP contribution in [0.1, 0.15) is 40.0 Å². The lowest BCUT2D eigenvalue weighted by Gasteiger charge is -2.32. The van der Waals surface area contributed by atoms with Crippen molar-refractivity contribution >= 4 is 0 Å². The Kier molecular flexibility index (Phi) is 3.14. The Balaban J connectivity index is 2.52. The van der Waals surface area contributed by atoms with E-state index < -0.39 is 0 Å². The highest BCUT2D eigenvalue weighted by Crippen LogP contribution is 2.36. The lowest BCUT2D eigenvalue weighted by molar-refractivity contribution is 0.194. The third-order valence-corrected chi connectivity index (χ3v) is 3.10. The van der Waals surface area contributed by atoms with Gasteiger partial charge in [0.15, 0.2) is 0 Å². The minimum Gasteiger partial charge on any atom is -0.198 e.